The fraction of sp³-hybridized carbons (Fsp3) is 0.385. The summed E-state index contributed by atoms with van der Waals surface area (Å²) in [5.74, 6) is -0.161. The summed E-state index contributed by atoms with van der Waals surface area (Å²) in [6.45, 7) is 3.58. The Kier molecular flexibility index (Phi) is 4.30. The van der Waals surface area contributed by atoms with Crippen molar-refractivity contribution in [1.29, 1.82) is 0 Å². The molecule has 0 aliphatic rings. The number of H-pyrrole nitrogens is 1. The zero-order valence-corrected chi connectivity index (χ0v) is 10.4. The maximum absolute atomic E-state index is 11.1. The van der Waals surface area contributed by atoms with E-state index in [1.54, 1.807) is 6.20 Å². The largest absolute Gasteiger partial charge is 0.466 e. The molecular weight excluding hydrogens is 230 g/mol. The second-order valence-corrected chi connectivity index (χ2v) is 3.95. The SMILES string of the molecule is CCOC(=O)CCNCc1c[nH]c2ncccc12. The molecule has 0 saturated carbocycles. The molecule has 2 aromatic rings. The topological polar surface area (TPSA) is 67.0 Å². The van der Waals surface area contributed by atoms with Crippen molar-refractivity contribution in [3.8, 4) is 0 Å². The predicted octanol–water partition coefficient (Wildman–Crippen LogP) is 1.61. The summed E-state index contributed by atoms with van der Waals surface area (Å²) in [6.07, 6.45) is 4.10. The summed E-state index contributed by atoms with van der Waals surface area (Å²) in [5, 5.41) is 4.33. The number of hydrogen-bond acceptors (Lipinski definition) is 4. The van der Waals surface area contributed by atoms with Crippen molar-refractivity contribution in [3.05, 3.63) is 30.1 Å². The number of nitrogens with one attached hydrogen (secondary N) is 2. The molecule has 5 nitrogen and oxygen atoms in total. The van der Waals surface area contributed by atoms with E-state index in [9.17, 15) is 4.79 Å². The predicted molar refractivity (Wildman–Crippen MR) is 69.1 cm³/mol. The maximum Gasteiger partial charge on any atom is 0.307 e. The van der Waals surface area contributed by atoms with Gasteiger partial charge in [-0.1, -0.05) is 0 Å². The second-order valence-electron chi connectivity index (χ2n) is 3.95. The summed E-state index contributed by atoms with van der Waals surface area (Å²) in [6, 6.07) is 3.94. The van der Waals surface area contributed by atoms with Gasteiger partial charge >= 0.3 is 5.97 Å². The molecule has 18 heavy (non-hydrogen) atoms. The highest BCUT2D eigenvalue weighted by molar-refractivity contribution is 5.79. The first-order valence-electron chi connectivity index (χ1n) is 6.08. The van der Waals surface area contributed by atoms with Crippen molar-refractivity contribution in [2.75, 3.05) is 13.2 Å². The highest BCUT2D eigenvalue weighted by atomic mass is 16.5. The first kappa shape index (κ1) is 12.6. The normalized spacial score (nSPS) is 10.7. The third-order valence-electron chi connectivity index (χ3n) is 2.66. The summed E-state index contributed by atoms with van der Waals surface area (Å²) >= 11 is 0. The minimum absolute atomic E-state index is 0.161. The molecule has 0 fully saturated rings. The van der Waals surface area contributed by atoms with Gasteiger partial charge in [0.05, 0.1) is 13.0 Å². The van der Waals surface area contributed by atoms with Crippen molar-refractivity contribution in [1.82, 2.24) is 15.3 Å². The zero-order chi connectivity index (χ0) is 12.8. The van der Waals surface area contributed by atoms with Gasteiger partial charge in [-0.2, -0.15) is 0 Å². The third-order valence-corrected chi connectivity index (χ3v) is 2.66. The van der Waals surface area contributed by atoms with E-state index >= 15 is 0 Å². The van der Waals surface area contributed by atoms with Crippen LogP contribution in [-0.2, 0) is 16.1 Å². The molecule has 0 saturated heterocycles. The molecule has 2 aromatic heterocycles. The lowest BCUT2D eigenvalue weighted by Gasteiger charge is -2.03. The van der Waals surface area contributed by atoms with Crippen molar-refractivity contribution in [3.63, 3.8) is 0 Å². The van der Waals surface area contributed by atoms with E-state index in [0.717, 1.165) is 16.6 Å². The van der Waals surface area contributed by atoms with E-state index in [0.29, 0.717) is 26.1 Å². The number of ether oxygens (including phenoxy) is 1. The number of nitrogens with zero attached hydrogens (tertiary/aromatic N) is 1. The van der Waals surface area contributed by atoms with Crippen LogP contribution in [0.5, 0.6) is 0 Å². The zero-order valence-electron chi connectivity index (χ0n) is 10.4. The number of fused-ring (bicyclic) bond motifs is 1. The van der Waals surface area contributed by atoms with Gasteiger partial charge in [0.25, 0.3) is 0 Å². The van der Waals surface area contributed by atoms with Crippen molar-refractivity contribution < 1.29 is 9.53 Å². The van der Waals surface area contributed by atoms with Gasteiger partial charge in [-0.25, -0.2) is 4.98 Å². The minimum atomic E-state index is -0.161. The molecule has 0 atom stereocenters. The standard InChI is InChI=1S/C13H17N3O2/c1-2-18-12(17)5-7-14-8-10-9-16-13-11(10)4-3-6-15-13/h3-4,6,9,14H,2,5,7-8H2,1H3,(H,15,16). The van der Waals surface area contributed by atoms with Gasteiger partial charge in [-0.3, -0.25) is 4.79 Å². The fourth-order valence-electron chi connectivity index (χ4n) is 1.81. The first-order valence-corrected chi connectivity index (χ1v) is 6.08. The molecule has 0 radical (unpaired) electrons. The van der Waals surface area contributed by atoms with Gasteiger partial charge in [0, 0.05) is 30.9 Å². The van der Waals surface area contributed by atoms with Crippen molar-refractivity contribution in [2.45, 2.75) is 19.9 Å². The molecule has 5 heteroatoms. The van der Waals surface area contributed by atoms with Crippen LogP contribution in [0.4, 0.5) is 0 Å². The number of aromatic nitrogens is 2. The number of carbonyl (C=O) groups is 1. The Balaban J connectivity index is 1.82. The van der Waals surface area contributed by atoms with Crippen LogP contribution in [0.15, 0.2) is 24.5 Å². The highest BCUT2D eigenvalue weighted by Gasteiger charge is 2.04. The van der Waals surface area contributed by atoms with E-state index < -0.39 is 0 Å². The molecule has 0 aliphatic heterocycles. The Morgan fingerprint density at radius 2 is 2.44 bits per heavy atom. The molecule has 0 amide bonds. The Hall–Kier alpha value is -1.88. The molecule has 0 unspecified atom stereocenters. The van der Waals surface area contributed by atoms with Crippen LogP contribution in [0.1, 0.15) is 18.9 Å². The molecule has 0 aromatic carbocycles. The quantitative estimate of drug-likeness (QED) is 0.601. The smallest absolute Gasteiger partial charge is 0.307 e. The monoisotopic (exact) mass is 247 g/mol. The van der Waals surface area contributed by atoms with E-state index in [1.165, 1.54) is 0 Å². The Morgan fingerprint density at radius 3 is 3.28 bits per heavy atom. The number of pyridine rings is 1. The third kappa shape index (κ3) is 3.07. The first-order chi connectivity index (χ1) is 8.81. The van der Waals surface area contributed by atoms with Gasteiger partial charge in [-0.15, -0.1) is 0 Å². The van der Waals surface area contributed by atoms with Crippen molar-refractivity contribution >= 4 is 17.0 Å². The Labute approximate surface area is 106 Å². The van der Waals surface area contributed by atoms with E-state index in [4.69, 9.17) is 4.74 Å². The Morgan fingerprint density at radius 1 is 1.56 bits per heavy atom. The van der Waals surface area contributed by atoms with Gasteiger partial charge in [0.1, 0.15) is 5.65 Å². The maximum atomic E-state index is 11.1. The van der Waals surface area contributed by atoms with Gasteiger partial charge in [0.2, 0.25) is 0 Å². The minimum Gasteiger partial charge on any atom is -0.466 e. The number of hydrogen-bond donors (Lipinski definition) is 2. The fourth-order valence-corrected chi connectivity index (χ4v) is 1.81. The van der Waals surface area contributed by atoms with E-state index in [-0.39, 0.29) is 5.97 Å². The molecule has 96 valence electrons. The van der Waals surface area contributed by atoms with Gasteiger partial charge < -0.3 is 15.0 Å². The van der Waals surface area contributed by atoms with Crippen LogP contribution in [0, 0.1) is 0 Å². The van der Waals surface area contributed by atoms with Crippen LogP contribution in [0.25, 0.3) is 11.0 Å². The van der Waals surface area contributed by atoms with Crippen LogP contribution in [0.2, 0.25) is 0 Å². The summed E-state index contributed by atoms with van der Waals surface area (Å²) in [7, 11) is 0. The Bertz CT molecular complexity index is 522. The molecular formula is C13H17N3O2. The lowest BCUT2D eigenvalue weighted by Crippen LogP contribution is -2.18. The summed E-state index contributed by atoms with van der Waals surface area (Å²) in [4.78, 5) is 18.5. The number of rotatable bonds is 6. The number of carbonyl (C=O) groups excluding carboxylic acids is 1. The van der Waals surface area contributed by atoms with E-state index in [2.05, 4.69) is 15.3 Å². The van der Waals surface area contributed by atoms with Gasteiger partial charge in [0.15, 0.2) is 0 Å². The lowest BCUT2D eigenvalue weighted by atomic mass is 10.2. The van der Waals surface area contributed by atoms with Crippen LogP contribution >= 0.6 is 0 Å². The van der Waals surface area contributed by atoms with Crippen LogP contribution < -0.4 is 5.32 Å². The molecule has 2 heterocycles. The molecule has 0 aliphatic carbocycles. The highest BCUT2D eigenvalue weighted by Crippen LogP contribution is 2.14. The summed E-state index contributed by atoms with van der Waals surface area (Å²) in [5.41, 5.74) is 2.04. The van der Waals surface area contributed by atoms with Gasteiger partial charge in [-0.05, 0) is 24.6 Å². The lowest BCUT2D eigenvalue weighted by molar-refractivity contribution is -0.142. The average molecular weight is 247 g/mol. The average Bonchev–Trinajstić information content (AvgIpc) is 2.78. The molecule has 2 rings (SSSR count). The second kappa shape index (κ2) is 6.16. The van der Waals surface area contributed by atoms with Crippen LogP contribution in [-0.4, -0.2) is 29.1 Å². The van der Waals surface area contributed by atoms with E-state index in [1.807, 2.05) is 25.3 Å². The molecule has 0 bridgehead atoms. The molecule has 0 spiro atoms. The number of esters is 1. The summed E-state index contributed by atoms with van der Waals surface area (Å²) < 4.78 is 4.85. The molecule has 2 N–H and O–H groups in total. The van der Waals surface area contributed by atoms with Crippen LogP contribution in [0.3, 0.4) is 0 Å². The number of aromatic amines is 1. The van der Waals surface area contributed by atoms with Crippen molar-refractivity contribution in [2.24, 2.45) is 0 Å².